The van der Waals surface area contributed by atoms with E-state index in [1.165, 1.54) is 4.88 Å². The van der Waals surface area contributed by atoms with Crippen LogP contribution in [-0.4, -0.2) is 100 Å². The van der Waals surface area contributed by atoms with Gasteiger partial charge in [0, 0.05) is 51.8 Å². The second-order valence-corrected chi connectivity index (χ2v) is 17.2. The van der Waals surface area contributed by atoms with Crippen LogP contribution < -0.4 is 20.7 Å². The molecule has 0 radical (unpaired) electrons. The molecule has 63 heavy (non-hydrogen) atoms. The number of amides is 2. The number of fused-ring (bicyclic) bond motifs is 4. The summed E-state index contributed by atoms with van der Waals surface area (Å²) in [6.07, 6.45) is 10.9. The Morgan fingerprint density at radius 1 is 0.952 bits per heavy atom. The van der Waals surface area contributed by atoms with Crippen molar-refractivity contribution < 1.29 is 28.5 Å². The number of benzene rings is 1. The number of hydrogen-bond acceptors (Lipinski definition) is 13. The topological polar surface area (TPSA) is 176 Å². The molecule has 2 amide bonds. The molecule has 6 heterocycles. The molecule has 3 aliphatic rings. The summed E-state index contributed by atoms with van der Waals surface area (Å²) in [6, 6.07) is 10.7. The van der Waals surface area contributed by atoms with E-state index in [0.717, 1.165) is 61.3 Å². The number of thiophene rings is 1. The van der Waals surface area contributed by atoms with Gasteiger partial charge in [-0.25, -0.2) is 9.97 Å². The molecule has 8 rings (SSSR count). The minimum Gasteiger partial charge on any atom is -0.491 e. The second-order valence-electron chi connectivity index (χ2n) is 15.4. The van der Waals surface area contributed by atoms with Gasteiger partial charge in [0.05, 0.1) is 63.6 Å². The van der Waals surface area contributed by atoms with Gasteiger partial charge in [-0.2, -0.15) is 0 Å². The Kier molecular flexibility index (Phi) is 14.0. The van der Waals surface area contributed by atoms with Gasteiger partial charge in [-0.05, 0) is 87.2 Å². The third-order valence-corrected chi connectivity index (χ3v) is 12.4. The van der Waals surface area contributed by atoms with Gasteiger partial charge in [-0.3, -0.25) is 19.1 Å². The lowest BCUT2D eigenvalue weighted by molar-refractivity contribution is -0.117. The van der Waals surface area contributed by atoms with Gasteiger partial charge in [0.2, 0.25) is 11.8 Å². The third-order valence-electron chi connectivity index (χ3n) is 10.9. The lowest BCUT2D eigenvalue weighted by Gasteiger charge is -2.16. The van der Waals surface area contributed by atoms with E-state index in [-0.39, 0.29) is 23.6 Å². The van der Waals surface area contributed by atoms with Crippen molar-refractivity contribution in [2.45, 2.75) is 58.4 Å². The van der Waals surface area contributed by atoms with Crippen molar-refractivity contribution in [1.29, 1.82) is 0 Å². The molecule has 0 bridgehead atoms. The number of aliphatic imine (C=N–C) groups is 1. The highest BCUT2D eigenvalue weighted by Gasteiger charge is 2.33. The van der Waals surface area contributed by atoms with Gasteiger partial charge >= 0.3 is 0 Å². The normalized spacial score (nSPS) is 16.4. The molecule has 0 saturated heterocycles. The van der Waals surface area contributed by atoms with E-state index >= 15 is 0 Å². The lowest BCUT2D eigenvalue weighted by Crippen LogP contribution is -2.17. The number of aromatic nitrogens is 5. The number of carbonyl (C=O) groups is 2. The summed E-state index contributed by atoms with van der Waals surface area (Å²) in [5.41, 5.74) is 8.55. The van der Waals surface area contributed by atoms with E-state index in [2.05, 4.69) is 56.0 Å². The molecule has 2 atom stereocenters. The molecule has 0 saturated carbocycles. The molecular weight excluding hydrogens is 842 g/mol. The van der Waals surface area contributed by atoms with Crippen LogP contribution in [0, 0.1) is 27.7 Å². The fourth-order valence-electron chi connectivity index (χ4n) is 7.54. The van der Waals surface area contributed by atoms with Crippen LogP contribution >= 0.6 is 22.9 Å². The molecule has 4 aromatic heterocycles. The van der Waals surface area contributed by atoms with Crippen LogP contribution in [0.1, 0.15) is 57.7 Å². The fourth-order valence-corrected chi connectivity index (χ4v) is 8.91. The summed E-state index contributed by atoms with van der Waals surface area (Å²) in [4.78, 5) is 40.5. The summed E-state index contributed by atoms with van der Waals surface area (Å²) in [6.45, 7) is 11.9. The Balaban J connectivity index is 0.706. The molecule has 5 aromatic rings. The number of alkyl halides is 1. The maximum absolute atomic E-state index is 13.5. The first-order chi connectivity index (χ1) is 30.6. The number of carbonyl (C=O) groups excluding carboxylic acids is 2. The Morgan fingerprint density at radius 3 is 2.46 bits per heavy atom. The number of ether oxygens (including phenoxy) is 4. The van der Waals surface area contributed by atoms with Crippen molar-refractivity contribution in [3.63, 3.8) is 0 Å². The van der Waals surface area contributed by atoms with Crippen LogP contribution in [0.25, 0.3) is 16.1 Å². The van der Waals surface area contributed by atoms with Crippen molar-refractivity contribution >= 4 is 57.8 Å². The van der Waals surface area contributed by atoms with Gasteiger partial charge in [-0.15, -0.1) is 33.1 Å². The number of rotatable bonds is 19. The van der Waals surface area contributed by atoms with E-state index in [4.69, 9.17) is 35.5 Å². The molecule has 1 aromatic carbocycles. The van der Waals surface area contributed by atoms with E-state index in [1.807, 2.05) is 73.2 Å². The molecule has 1 aliphatic carbocycles. The Morgan fingerprint density at radius 2 is 1.71 bits per heavy atom. The first-order valence-electron chi connectivity index (χ1n) is 21.0. The van der Waals surface area contributed by atoms with Crippen molar-refractivity contribution in [3.8, 4) is 21.9 Å². The Bertz CT molecular complexity index is 2570. The number of allylic oxidation sites excluding steroid dienone is 4. The number of nitrogens with one attached hydrogen (secondary N) is 3. The highest BCUT2D eigenvalue weighted by atomic mass is 35.5. The molecule has 0 fully saturated rings. The average Bonchev–Trinajstić information content (AvgIpc) is 3.91. The Hall–Kier alpha value is -5.78. The zero-order chi connectivity index (χ0) is 43.9. The average molecular weight is 892 g/mol. The van der Waals surface area contributed by atoms with E-state index in [9.17, 15) is 9.59 Å². The smallest absolute Gasteiger partial charge is 0.230 e. The zero-order valence-electron chi connectivity index (χ0n) is 35.7. The van der Waals surface area contributed by atoms with E-state index < -0.39 is 6.04 Å². The lowest BCUT2D eigenvalue weighted by atomic mass is 9.95. The fraction of sp³-hybridized carbons (Fsp3) is 0.370. The summed E-state index contributed by atoms with van der Waals surface area (Å²) in [5.74, 6) is 3.23. The summed E-state index contributed by atoms with van der Waals surface area (Å²) in [7, 11) is 0. The number of anilines is 3. The molecule has 15 nitrogen and oxygen atoms in total. The number of pyridine rings is 2. The van der Waals surface area contributed by atoms with E-state index in [1.54, 1.807) is 17.5 Å². The number of aryl methyl sites for hydroxylation is 3. The highest BCUT2D eigenvalue weighted by molar-refractivity contribution is 7.15. The van der Waals surface area contributed by atoms with Gasteiger partial charge in [0.15, 0.2) is 5.82 Å². The molecule has 0 spiro atoms. The molecule has 328 valence electrons. The maximum Gasteiger partial charge on any atom is 0.230 e. The summed E-state index contributed by atoms with van der Waals surface area (Å²) < 4.78 is 24.9. The van der Waals surface area contributed by atoms with Crippen molar-refractivity contribution in [2.24, 2.45) is 4.99 Å². The number of halogens is 1. The molecule has 1 unspecified atom stereocenters. The van der Waals surface area contributed by atoms with Gasteiger partial charge in [0.25, 0.3) is 0 Å². The standard InChI is InChI=1S/C46H50ClN9O6S/c1-27-21-39(49-26-37(27)33-22-32-23-40(57)53-44(32)50-25-33)48-13-14-59-15-16-60-17-18-61-19-20-62-36-11-9-35(10-12-36)51-41(58)24-38-45-55-54-30(4)56(45)46-42(28(2)29(3)63-46)43(52-38)31-5-7-34(47)8-6-31/h5-7,9-12,21-22,25-26,34,38H,8,13-20,23-24H2,1-4H3,(H,48,49)(H,51,58)(H,50,53,57)/t34?,38-/m0/s1. The minimum atomic E-state index is -0.550. The first kappa shape index (κ1) is 43.9. The predicted octanol–water partition coefficient (Wildman–Crippen LogP) is 7.42. The number of nitrogens with zero attached hydrogens (tertiary/aromatic N) is 6. The number of hydrogen-bond donors (Lipinski definition) is 3. The largest absolute Gasteiger partial charge is 0.491 e. The van der Waals surface area contributed by atoms with Crippen LogP contribution in [0.5, 0.6) is 5.75 Å². The van der Waals surface area contributed by atoms with Gasteiger partial charge < -0.3 is 34.9 Å². The van der Waals surface area contributed by atoms with E-state index in [0.29, 0.717) is 88.7 Å². The van der Waals surface area contributed by atoms with Crippen molar-refractivity contribution in [3.05, 3.63) is 111 Å². The minimum absolute atomic E-state index is 0.0347. The highest BCUT2D eigenvalue weighted by Crippen LogP contribution is 2.40. The summed E-state index contributed by atoms with van der Waals surface area (Å²) in [5, 5.41) is 18.9. The first-order valence-corrected chi connectivity index (χ1v) is 22.3. The van der Waals surface area contributed by atoms with Gasteiger partial charge in [0.1, 0.15) is 40.9 Å². The molecule has 17 heteroatoms. The van der Waals surface area contributed by atoms with Crippen LogP contribution in [0.3, 0.4) is 0 Å². The second kappa shape index (κ2) is 20.2. The SMILES string of the molecule is Cc1cc(NCCOCCOCCOCCOc2ccc(NC(=O)C[C@@H]3N=C(C4=CCC(Cl)C=C4)c4c(sc(C)c4C)-n4c(C)nnc43)cc2)ncc1-c1cnc2c(c1)CC(=O)N2. The third kappa shape index (κ3) is 10.5. The van der Waals surface area contributed by atoms with Crippen molar-refractivity contribution in [1.82, 2.24) is 24.7 Å². The van der Waals surface area contributed by atoms with Crippen molar-refractivity contribution in [2.75, 3.05) is 68.7 Å². The zero-order valence-corrected chi connectivity index (χ0v) is 37.3. The maximum atomic E-state index is 13.5. The molecule has 2 aliphatic heterocycles. The molecule has 3 N–H and O–H groups in total. The summed E-state index contributed by atoms with van der Waals surface area (Å²) >= 11 is 8.07. The van der Waals surface area contributed by atoms with Crippen LogP contribution in [0.15, 0.2) is 77.6 Å². The van der Waals surface area contributed by atoms with Gasteiger partial charge in [-0.1, -0.05) is 18.2 Å². The molecular formula is C46H50ClN9O6S. The monoisotopic (exact) mass is 891 g/mol. The Labute approximate surface area is 375 Å². The van der Waals surface area contributed by atoms with Crippen LogP contribution in [-0.2, 0) is 30.2 Å². The quantitative estimate of drug-likeness (QED) is 0.0556. The van der Waals surface area contributed by atoms with Crippen LogP contribution in [0.4, 0.5) is 17.3 Å². The predicted molar refractivity (Wildman–Crippen MR) is 245 cm³/mol. The van der Waals surface area contributed by atoms with Crippen LogP contribution in [0.2, 0.25) is 0 Å².